The Hall–Kier alpha value is -0.900. The van der Waals surface area contributed by atoms with Crippen LogP contribution in [0, 0.1) is 0 Å². The zero-order chi connectivity index (χ0) is 11.6. The number of hydrogen-bond donors (Lipinski definition) is 1. The van der Waals surface area contributed by atoms with Gasteiger partial charge in [-0.25, -0.2) is 9.37 Å². The standard InChI is InChI=1S/C12H19FN2O/c1-12(2,13)10-8-16-11(15-10)7-9-5-3-4-6-14-9/h8-9,14H,3-7H2,1-2H3. The summed E-state index contributed by atoms with van der Waals surface area (Å²) in [4.78, 5) is 4.19. The van der Waals surface area contributed by atoms with E-state index in [1.165, 1.54) is 33.0 Å². The Morgan fingerprint density at radius 2 is 2.38 bits per heavy atom. The molecule has 0 bridgehead atoms. The zero-order valence-electron chi connectivity index (χ0n) is 9.92. The molecule has 1 unspecified atom stereocenters. The molecule has 0 radical (unpaired) electrons. The van der Waals surface area contributed by atoms with Gasteiger partial charge in [-0.2, -0.15) is 0 Å². The summed E-state index contributed by atoms with van der Waals surface area (Å²) in [6.45, 7) is 4.05. The van der Waals surface area contributed by atoms with E-state index in [9.17, 15) is 4.39 Å². The molecule has 1 aliphatic heterocycles. The first-order valence-corrected chi connectivity index (χ1v) is 5.93. The molecule has 1 saturated heterocycles. The van der Waals surface area contributed by atoms with Crippen LogP contribution < -0.4 is 5.32 Å². The topological polar surface area (TPSA) is 38.1 Å². The maximum absolute atomic E-state index is 13.6. The number of aromatic nitrogens is 1. The number of oxazole rings is 1. The second-order valence-electron chi connectivity index (χ2n) is 4.95. The third-order valence-corrected chi connectivity index (χ3v) is 2.99. The minimum Gasteiger partial charge on any atom is -0.449 e. The van der Waals surface area contributed by atoms with E-state index in [-0.39, 0.29) is 0 Å². The summed E-state index contributed by atoms with van der Waals surface area (Å²) in [5.41, 5.74) is -1.03. The van der Waals surface area contributed by atoms with Crippen LogP contribution in [0.15, 0.2) is 10.7 Å². The highest BCUT2D eigenvalue weighted by Gasteiger charge is 2.24. The van der Waals surface area contributed by atoms with E-state index < -0.39 is 5.67 Å². The summed E-state index contributed by atoms with van der Waals surface area (Å²) in [6.07, 6.45) is 5.83. The van der Waals surface area contributed by atoms with Crippen LogP contribution in [0.5, 0.6) is 0 Å². The Morgan fingerprint density at radius 1 is 1.56 bits per heavy atom. The molecule has 1 fully saturated rings. The molecule has 0 aromatic carbocycles. The highest BCUT2D eigenvalue weighted by atomic mass is 19.1. The summed E-state index contributed by atoms with van der Waals surface area (Å²) >= 11 is 0. The Kier molecular flexibility index (Phi) is 3.28. The van der Waals surface area contributed by atoms with Crippen molar-refractivity contribution in [3.05, 3.63) is 17.8 Å². The van der Waals surface area contributed by atoms with Crippen LogP contribution in [0.3, 0.4) is 0 Å². The minimum absolute atomic E-state index is 0.387. The van der Waals surface area contributed by atoms with Crippen LogP contribution in [0.1, 0.15) is 44.7 Å². The molecule has 90 valence electrons. The van der Waals surface area contributed by atoms with Gasteiger partial charge in [0.25, 0.3) is 0 Å². The number of piperidine rings is 1. The number of hydrogen-bond acceptors (Lipinski definition) is 3. The lowest BCUT2D eigenvalue weighted by Gasteiger charge is -2.21. The third kappa shape index (κ3) is 2.82. The van der Waals surface area contributed by atoms with Crippen molar-refractivity contribution in [1.29, 1.82) is 0 Å². The molecular formula is C12H19FN2O. The van der Waals surface area contributed by atoms with Crippen molar-refractivity contribution in [1.82, 2.24) is 10.3 Å². The Bertz CT molecular complexity index is 337. The van der Waals surface area contributed by atoms with Crippen LogP contribution in [0.4, 0.5) is 4.39 Å². The van der Waals surface area contributed by atoms with Crippen LogP contribution in [0.2, 0.25) is 0 Å². The maximum Gasteiger partial charge on any atom is 0.195 e. The average Bonchev–Trinajstić information content (AvgIpc) is 2.67. The molecule has 1 atom stereocenters. The van der Waals surface area contributed by atoms with Gasteiger partial charge in [-0.1, -0.05) is 6.42 Å². The Labute approximate surface area is 95.4 Å². The highest BCUT2D eigenvalue weighted by molar-refractivity contribution is 5.06. The molecule has 0 aliphatic carbocycles. The quantitative estimate of drug-likeness (QED) is 0.860. The van der Waals surface area contributed by atoms with Crippen molar-refractivity contribution in [3.63, 3.8) is 0 Å². The Balaban J connectivity index is 1.97. The van der Waals surface area contributed by atoms with Crippen molar-refractivity contribution < 1.29 is 8.81 Å². The second kappa shape index (κ2) is 4.53. The Morgan fingerprint density at radius 3 is 2.94 bits per heavy atom. The fraction of sp³-hybridized carbons (Fsp3) is 0.750. The van der Waals surface area contributed by atoms with Gasteiger partial charge < -0.3 is 9.73 Å². The molecule has 3 nitrogen and oxygen atoms in total. The summed E-state index contributed by atoms with van der Waals surface area (Å²) in [5, 5.41) is 3.42. The smallest absolute Gasteiger partial charge is 0.195 e. The predicted octanol–water partition coefficient (Wildman–Crippen LogP) is 2.56. The van der Waals surface area contributed by atoms with Crippen LogP contribution >= 0.6 is 0 Å². The molecule has 2 heterocycles. The summed E-state index contributed by atoms with van der Waals surface area (Å²) in [5.74, 6) is 0.639. The van der Waals surface area contributed by atoms with Crippen LogP contribution in [-0.2, 0) is 12.1 Å². The highest BCUT2D eigenvalue weighted by Crippen LogP contribution is 2.24. The van der Waals surface area contributed by atoms with Crippen molar-refractivity contribution in [2.75, 3.05) is 6.54 Å². The SMILES string of the molecule is CC(C)(F)c1coc(CC2CCCCN2)n1. The predicted molar refractivity (Wildman–Crippen MR) is 60.0 cm³/mol. The number of nitrogens with zero attached hydrogens (tertiary/aromatic N) is 1. The molecule has 2 rings (SSSR count). The molecule has 0 spiro atoms. The first-order chi connectivity index (χ1) is 7.55. The lowest BCUT2D eigenvalue weighted by Crippen LogP contribution is -2.35. The molecule has 1 aliphatic rings. The zero-order valence-corrected chi connectivity index (χ0v) is 9.92. The van der Waals surface area contributed by atoms with Crippen molar-refractivity contribution in [2.45, 2.75) is 51.2 Å². The molecule has 0 saturated carbocycles. The largest absolute Gasteiger partial charge is 0.449 e. The van der Waals surface area contributed by atoms with E-state index in [0.717, 1.165) is 19.4 Å². The fourth-order valence-electron chi connectivity index (χ4n) is 1.99. The van der Waals surface area contributed by atoms with E-state index >= 15 is 0 Å². The minimum atomic E-state index is -1.41. The van der Waals surface area contributed by atoms with E-state index in [1.54, 1.807) is 0 Å². The van der Waals surface area contributed by atoms with Gasteiger partial charge in [0.05, 0.1) is 0 Å². The molecular weight excluding hydrogens is 207 g/mol. The fourth-order valence-corrected chi connectivity index (χ4v) is 1.99. The number of nitrogens with one attached hydrogen (secondary N) is 1. The molecule has 16 heavy (non-hydrogen) atoms. The first kappa shape index (κ1) is 11.6. The van der Waals surface area contributed by atoms with Gasteiger partial charge in [0.15, 0.2) is 5.89 Å². The molecule has 0 amide bonds. The van der Waals surface area contributed by atoms with Crippen molar-refractivity contribution in [3.8, 4) is 0 Å². The van der Waals surface area contributed by atoms with Gasteiger partial charge in [-0.3, -0.25) is 0 Å². The van der Waals surface area contributed by atoms with Crippen molar-refractivity contribution in [2.24, 2.45) is 0 Å². The van der Waals surface area contributed by atoms with Gasteiger partial charge in [-0.15, -0.1) is 0 Å². The van der Waals surface area contributed by atoms with Gasteiger partial charge in [0.2, 0.25) is 0 Å². The monoisotopic (exact) mass is 226 g/mol. The van der Waals surface area contributed by atoms with Gasteiger partial charge in [0, 0.05) is 12.5 Å². The number of rotatable bonds is 3. The van der Waals surface area contributed by atoms with E-state index in [2.05, 4.69) is 10.3 Å². The lowest BCUT2D eigenvalue weighted by atomic mass is 10.0. The number of halogens is 1. The molecule has 4 heteroatoms. The number of alkyl halides is 1. The van der Waals surface area contributed by atoms with Crippen molar-refractivity contribution >= 4 is 0 Å². The second-order valence-corrected chi connectivity index (χ2v) is 4.95. The molecule has 1 N–H and O–H groups in total. The summed E-state index contributed by atoms with van der Waals surface area (Å²) in [6, 6.07) is 0.433. The maximum atomic E-state index is 13.6. The summed E-state index contributed by atoms with van der Waals surface area (Å²) in [7, 11) is 0. The van der Waals surface area contributed by atoms with Crippen LogP contribution in [-0.4, -0.2) is 17.6 Å². The van der Waals surface area contributed by atoms with E-state index in [1.807, 2.05) is 0 Å². The summed E-state index contributed by atoms with van der Waals surface area (Å²) < 4.78 is 18.9. The van der Waals surface area contributed by atoms with Gasteiger partial charge in [0.1, 0.15) is 17.6 Å². The van der Waals surface area contributed by atoms with Gasteiger partial charge >= 0.3 is 0 Å². The third-order valence-electron chi connectivity index (χ3n) is 2.99. The lowest BCUT2D eigenvalue weighted by molar-refractivity contribution is 0.214. The van der Waals surface area contributed by atoms with Gasteiger partial charge in [-0.05, 0) is 33.2 Å². The normalized spacial score (nSPS) is 22.3. The molecule has 1 aromatic heterocycles. The van der Waals surface area contributed by atoms with Crippen LogP contribution in [0.25, 0.3) is 0 Å². The van der Waals surface area contributed by atoms with E-state index in [4.69, 9.17) is 4.42 Å². The molecule has 1 aromatic rings. The van der Waals surface area contributed by atoms with E-state index in [0.29, 0.717) is 17.6 Å². The first-order valence-electron chi connectivity index (χ1n) is 5.93. The average molecular weight is 226 g/mol.